The van der Waals surface area contributed by atoms with E-state index in [1.54, 1.807) is 19.1 Å². The summed E-state index contributed by atoms with van der Waals surface area (Å²) in [5.41, 5.74) is 0.532. The van der Waals surface area contributed by atoms with Gasteiger partial charge in [-0.05, 0) is 30.7 Å². The molecule has 0 saturated heterocycles. The SMILES string of the molecule is CCCS(=O)(=O)c1ccc(NC(COC)C(=O)O)cc1. The number of ether oxygens (including phenoxy) is 1. The van der Waals surface area contributed by atoms with Crippen molar-refractivity contribution in [2.24, 2.45) is 0 Å². The number of hydrogen-bond donors (Lipinski definition) is 2. The minimum absolute atomic E-state index is 0.0191. The fourth-order valence-electron chi connectivity index (χ4n) is 1.69. The molecule has 1 atom stereocenters. The zero-order valence-corrected chi connectivity index (χ0v) is 12.3. The van der Waals surface area contributed by atoms with E-state index in [-0.39, 0.29) is 17.3 Å². The van der Waals surface area contributed by atoms with Gasteiger partial charge in [-0.1, -0.05) is 6.92 Å². The van der Waals surface area contributed by atoms with E-state index < -0.39 is 21.8 Å². The van der Waals surface area contributed by atoms with Crippen LogP contribution in [0.5, 0.6) is 0 Å². The Morgan fingerprint density at radius 2 is 1.95 bits per heavy atom. The van der Waals surface area contributed by atoms with Crippen LogP contribution in [-0.4, -0.2) is 45.0 Å². The Morgan fingerprint density at radius 3 is 2.40 bits per heavy atom. The zero-order valence-electron chi connectivity index (χ0n) is 11.5. The molecule has 6 nitrogen and oxygen atoms in total. The molecule has 1 unspecified atom stereocenters. The van der Waals surface area contributed by atoms with Crippen LogP contribution in [0, 0.1) is 0 Å². The third-order valence-corrected chi connectivity index (χ3v) is 4.59. The Balaban J connectivity index is 2.83. The van der Waals surface area contributed by atoms with Crippen LogP contribution >= 0.6 is 0 Å². The molecule has 0 aliphatic rings. The quantitative estimate of drug-likeness (QED) is 0.753. The molecule has 112 valence electrons. The standard InChI is InChI=1S/C13H19NO5S/c1-3-8-20(17,18)11-6-4-10(5-7-11)14-12(9-19-2)13(15)16/h4-7,12,14H,3,8-9H2,1-2H3,(H,15,16). The summed E-state index contributed by atoms with van der Waals surface area (Å²) in [5, 5.41) is 11.8. The normalized spacial score (nSPS) is 12.9. The number of nitrogens with one attached hydrogen (secondary N) is 1. The Hall–Kier alpha value is -1.60. The minimum Gasteiger partial charge on any atom is -0.480 e. The molecule has 0 aliphatic heterocycles. The molecule has 0 heterocycles. The molecule has 20 heavy (non-hydrogen) atoms. The highest BCUT2D eigenvalue weighted by atomic mass is 32.2. The average Bonchev–Trinajstić information content (AvgIpc) is 2.38. The second-order valence-corrected chi connectivity index (χ2v) is 6.44. The number of carbonyl (C=O) groups is 1. The summed E-state index contributed by atoms with van der Waals surface area (Å²) >= 11 is 0. The van der Waals surface area contributed by atoms with Gasteiger partial charge in [0, 0.05) is 12.8 Å². The summed E-state index contributed by atoms with van der Waals surface area (Å²) in [6.45, 7) is 1.82. The molecule has 0 saturated carbocycles. The lowest BCUT2D eigenvalue weighted by molar-refractivity contribution is -0.139. The summed E-state index contributed by atoms with van der Waals surface area (Å²) in [6, 6.07) is 5.17. The van der Waals surface area contributed by atoms with Crippen LogP contribution in [-0.2, 0) is 19.4 Å². The summed E-state index contributed by atoms with van der Waals surface area (Å²) in [6.07, 6.45) is 0.553. The van der Waals surface area contributed by atoms with E-state index in [4.69, 9.17) is 9.84 Å². The van der Waals surface area contributed by atoms with Crippen molar-refractivity contribution in [3.63, 3.8) is 0 Å². The monoisotopic (exact) mass is 301 g/mol. The van der Waals surface area contributed by atoms with E-state index in [0.29, 0.717) is 12.1 Å². The Kier molecular flexibility index (Phi) is 5.97. The van der Waals surface area contributed by atoms with E-state index in [1.807, 2.05) is 0 Å². The molecule has 0 bridgehead atoms. The van der Waals surface area contributed by atoms with Crippen LogP contribution in [0.2, 0.25) is 0 Å². The molecule has 0 radical (unpaired) electrons. The molecule has 0 aromatic heterocycles. The lowest BCUT2D eigenvalue weighted by atomic mass is 10.2. The Morgan fingerprint density at radius 1 is 1.35 bits per heavy atom. The summed E-state index contributed by atoms with van der Waals surface area (Å²) in [5.74, 6) is -0.934. The first kappa shape index (κ1) is 16.5. The van der Waals surface area contributed by atoms with Crippen LogP contribution < -0.4 is 5.32 Å². The average molecular weight is 301 g/mol. The second kappa shape index (κ2) is 7.25. The van der Waals surface area contributed by atoms with Crippen molar-refractivity contribution in [1.82, 2.24) is 0 Å². The van der Waals surface area contributed by atoms with Crippen molar-refractivity contribution < 1.29 is 23.1 Å². The van der Waals surface area contributed by atoms with Gasteiger partial charge in [0.25, 0.3) is 0 Å². The summed E-state index contributed by atoms with van der Waals surface area (Å²) in [4.78, 5) is 11.2. The molecular formula is C13H19NO5S. The van der Waals surface area contributed by atoms with Crippen molar-refractivity contribution in [2.45, 2.75) is 24.3 Å². The predicted molar refractivity (Wildman–Crippen MR) is 75.7 cm³/mol. The first-order valence-corrected chi connectivity index (χ1v) is 7.87. The number of benzene rings is 1. The molecule has 0 aliphatic carbocycles. The number of aliphatic carboxylic acids is 1. The highest BCUT2D eigenvalue weighted by molar-refractivity contribution is 7.91. The molecule has 1 rings (SSSR count). The fraction of sp³-hybridized carbons (Fsp3) is 0.462. The predicted octanol–water partition coefficient (Wildman–Crippen LogP) is 1.38. The number of methoxy groups -OCH3 is 1. The molecular weight excluding hydrogens is 282 g/mol. The maximum atomic E-state index is 11.8. The third-order valence-electron chi connectivity index (χ3n) is 2.66. The fourth-order valence-corrected chi connectivity index (χ4v) is 3.01. The number of rotatable bonds is 8. The van der Waals surface area contributed by atoms with E-state index in [2.05, 4.69) is 5.32 Å². The van der Waals surface area contributed by atoms with Gasteiger partial charge < -0.3 is 15.2 Å². The summed E-state index contributed by atoms with van der Waals surface area (Å²) in [7, 11) is -1.84. The largest absolute Gasteiger partial charge is 0.480 e. The molecule has 0 spiro atoms. The van der Waals surface area contributed by atoms with Crippen molar-refractivity contribution in [3.8, 4) is 0 Å². The van der Waals surface area contributed by atoms with Gasteiger partial charge >= 0.3 is 5.97 Å². The third kappa shape index (κ3) is 4.50. The van der Waals surface area contributed by atoms with Gasteiger partial charge in [-0.25, -0.2) is 13.2 Å². The maximum absolute atomic E-state index is 11.8. The van der Waals surface area contributed by atoms with Crippen molar-refractivity contribution in [3.05, 3.63) is 24.3 Å². The van der Waals surface area contributed by atoms with Gasteiger partial charge in [0.2, 0.25) is 0 Å². The van der Waals surface area contributed by atoms with E-state index >= 15 is 0 Å². The van der Waals surface area contributed by atoms with Crippen LogP contribution in [0.15, 0.2) is 29.2 Å². The van der Waals surface area contributed by atoms with Crippen molar-refractivity contribution in [1.29, 1.82) is 0 Å². The molecule has 0 amide bonds. The maximum Gasteiger partial charge on any atom is 0.328 e. The number of hydrogen-bond acceptors (Lipinski definition) is 5. The van der Waals surface area contributed by atoms with Gasteiger partial charge in [-0.15, -0.1) is 0 Å². The molecule has 1 aromatic rings. The lowest BCUT2D eigenvalue weighted by Gasteiger charge is -2.15. The first-order chi connectivity index (χ1) is 9.40. The molecule has 2 N–H and O–H groups in total. The number of carboxylic acids is 1. The number of sulfone groups is 1. The minimum atomic E-state index is -3.25. The van der Waals surface area contributed by atoms with Crippen molar-refractivity contribution >= 4 is 21.5 Å². The Bertz CT molecular complexity index is 538. The Labute approximate surface area is 118 Å². The molecule has 1 aromatic carbocycles. The van der Waals surface area contributed by atoms with Crippen LogP contribution in [0.3, 0.4) is 0 Å². The topological polar surface area (TPSA) is 92.7 Å². The summed E-state index contributed by atoms with van der Waals surface area (Å²) < 4.78 is 28.5. The van der Waals surface area contributed by atoms with E-state index in [1.165, 1.54) is 19.2 Å². The van der Waals surface area contributed by atoms with Gasteiger partial charge in [0.15, 0.2) is 9.84 Å². The van der Waals surface area contributed by atoms with Gasteiger partial charge in [0.1, 0.15) is 6.04 Å². The van der Waals surface area contributed by atoms with Gasteiger partial charge in [-0.3, -0.25) is 0 Å². The second-order valence-electron chi connectivity index (χ2n) is 4.33. The van der Waals surface area contributed by atoms with Gasteiger partial charge in [-0.2, -0.15) is 0 Å². The van der Waals surface area contributed by atoms with Crippen LogP contribution in [0.4, 0.5) is 5.69 Å². The molecule has 0 fully saturated rings. The first-order valence-electron chi connectivity index (χ1n) is 6.21. The zero-order chi connectivity index (χ0) is 15.2. The highest BCUT2D eigenvalue weighted by Crippen LogP contribution is 2.16. The number of anilines is 1. The number of carboxylic acid groups (broad SMARTS) is 1. The van der Waals surface area contributed by atoms with Gasteiger partial charge in [0.05, 0.1) is 17.3 Å². The van der Waals surface area contributed by atoms with Crippen LogP contribution in [0.1, 0.15) is 13.3 Å². The molecule has 7 heteroatoms. The highest BCUT2D eigenvalue weighted by Gasteiger charge is 2.17. The van der Waals surface area contributed by atoms with Crippen molar-refractivity contribution in [2.75, 3.05) is 24.8 Å². The smallest absolute Gasteiger partial charge is 0.328 e. The van der Waals surface area contributed by atoms with E-state index in [9.17, 15) is 13.2 Å². The lowest BCUT2D eigenvalue weighted by Crippen LogP contribution is -2.33. The van der Waals surface area contributed by atoms with Crippen LogP contribution in [0.25, 0.3) is 0 Å². The van der Waals surface area contributed by atoms with E-state index in [0.717, 1.165) is 0 Å².